The summed E-state index contributed by atoms with van der Waals surface area (Å²) in [4.78, 5) is 30.0. The Morgan fingerprint density at radius 1 is 1.06 bits per heavy atom. The van der Waals surface area contributed by atoms with E-state index < -0.39 is 21.9 Å². The molecular formula is C26H29N3O5S2. The van der Waals surface area contributed by atoms with E-state index >= 15 is 0 Å². The van der Waals surface area contributed by atoms with E-state index in [2.05, 4.69) is 11.6 Å². The number of fused-ring (bicyclic) bond motifs is 1. The molecular weight excluding hydrogens is 498 g/mol. The van der Waals surface area contributed by atoms with Crippen molar-refractivity contribution in [2.45, 2.75) is 44.0 Å². The molecule has 10 heteroatoms. The minimum atomic E-state index is -3.59. The number of benzene rings is 2. The number of rotatable bonds is 7. The lowest BCUT2D eigenvalue weighted by Gasteiger charge is -2.19. The second kappa shape index (κ2) is 11.3. The third kappa shape index (κ3) is 5.50. The first-order valence-corrected chi connectivity index (χ1v) is 14.2. The molecule has 2 aromatic carbocycles. The highest BCUT2D eigenvalue weighted by molar-refractivity contribution is 7.89. The van der Waals surface area contributed by atoms with Crippen LogP contribution in [-0.4, -0.2) is 48.9 Å². The van der Waals surface area contributed by atoms with Gasteiger partial charge in [-0.2, -0.15) is 9.30 Å². The van der Waals surface area contributed by atoms with Crippen LogP contribution in [0.4, 0.5) is 0 Å². The van der Waals surface area contributed by atoms with Crippen LogP contribution in [0.25, 0.3) is 10.2 Å². The second-order valence-electron chi connectivity index (χ2n) is 8.45. The number of sulfonamides is 1. The fraction of sp³-hybridized carbons (Fsp3) is 0.346. The summed E-state index contributed by atoms with van der Waals surface area (Å²) in [6.07, 6.45) is 5.49. The average molecular weight is 528 g/mol. The van der Waals surface area contributed by atoms with Crippen LogP contribution in [0.15, 0.2) is 65.0 Å². The second-order valence-corrected chi connectivity index (χ2v) is 11.4. The molecule has 1 aromatic heterocycles. The van der Waals surface area contributed by atoms with Gasteiger partial charge in [0.25, 0.3) is 5.91 Å². The van der Waals surface area contributed by atoms with E-state index in [1.54, 1.807) is 31.2 Å². The van der Waals surface area contributed by atoms with Gasteiger partial charge < -0.3 is 9.30 Å². The van der Waals surface area contributed by atoms with Crippen LogP contribution in [0.1, 0.15) is 53.3 Å². The molecule has 1 aliphatic heterocycles. The zero-order valence-electron chi connectivity index (χ0n) is 20.2. The summed E-state index contributed by atoms with van der Waals surface area (Å²) in [5.41, 5.74) is 1.54. The Bertz CT molecular complexity index is 1440. The topological polar surface area (TPSA) is 98.0 Å². The number of esters is 1. The number of nitrogens with zero attached hydrogens (tertiary/aromatic N) is 3. The maximum Gasteiger partial charge on any atom is 0.338 e. The van der Waals surface area contributed by atoms with E-state index in [1.165, 1.54) is 39.9 Å². The summed E-state index contributed by atoms with van der Waals surface area (Å²) < 4.78 is 35.3. The van der Waals surface area contributed by atoms with Gasteiger partial charge in [0, 0.05) is 25.2 Å². The van der Waals surface area contributed by atoms with Gasteiger partial charge >= 0.3 is 5.97 Å². The largest absolute Gasteiger partial charge is 0.462 e. The summed E-state index contributed by atoms with van der Waals surface area (Å²) in [5, 5.41) is 0. The van der Waals surface area contributed by atoms with Crippen LogP contribution in [-0.2, 0) is 21.3 Å². The molecule has 0 spiro atoms. The minimum Gasteiger partial charge on any atom is -0.462 e. The number of ether oxygens (including phenoxy) is 1. The molecule has 3 aromatic rings. The molecule has 1 aliphatic rings. The van der Waals surface area contributed by atoms with E-state index in [4.69, 9.17) is 4.74 Å². The fourth-order valence-electron chi connectivity index (χ4n) is 4.16. The van der Waals surface area contributed by atoms with E-state index in [0.29, 0.717) is 35.6 Å². The first-order chi connectivity index (χ1) is 17.3. The van der Waals surface area contributed by atoms with Gasteiger partial charge in [0.05, 0.1) is 27.3 Å². The number of thiazole rings is 1. The Balaban J connectivity index is 1.64. The molecule has 190 valence electrons. The number of hydrogen-bond acceptors (Lipinski definition) is 6. The molecule has 1 amide bonds. The van der Waals surface area contributed by atoms with Crippen LogP contribution in [0.2, 0.25) is 0 Å². The summed E-state index contributed by atoms with van der Waals surface area (Å²) in [5.74, 6) is -0.892. The minimum absolute atomic E-state index is 0.177. The monoisotopic (exact) mass is 527 g/mol. The van der Waals surface area contributed by atoms with Gasteiger partial charge in [-0.15, -0.1) is 6.58 Å². The highest BCUT2D eigenvalue weighted by Crippen LogP contribution is 2.22. The van der Waals surface area contributed by atoms with Crippen molar-refractivity contribution in [1.82, 2.24) is 8.87 Å². The molecule has 4 rings (SSSR count). The van der Waals surface area contributed by atoms with Crippen molar-refractivity contribution in [3.05, 3.63) is 71.0 Å². The number of carbonyl (C=O) groups is 2. The van der Waals surface area contributed by atoms with Gasteiger partial charge in [-0.25, -0.2) is 13.2 Å². The average Bonchev–Trinajstić information content (AvgIpc) is 3.03. The third-order valence-corrected chi connectivity index (χ3v) is 8.96. The molecule has 0 bridgehead atoms. The first kappa shape index (κ1) is 26.0. The van der Waals surface area contributed by atoms with Crippen LogP contribution >= 0.6 is 11.3 Å². The molecule has 0 saturated carbocycles. The Labute approximate surface area is 214 Å². The standard InChI is InChI=1S/C26H29N3O5S2/c1-3-15-29-22-14-11-20(25(31)34-4-2)18-23(22)35-26(29)27-24(30)19-9-12-21(13-10-19)36(32,33)28-16-7-5-6-8-17-28/h3,9-14,18H,1,4-8,15-17H2,2H3. The van der Waals surface area contributed by atoms with Gasteiger partial charge in [-0.1, -0.05) is 30.3 Å². The van der Waals surface area contributed by atoms with Crippen LogP contribution < -0.4 is 4.80 Å². The van der Waals surface area contributed by atoms with E-state index in [-0.39, 0.29) is 11.5 Å². The van der Waals surface area contributed by atoms with Crippen molar-refractivity contribution in [2.75, 3.05) is 19.7 Å². The molecule has 1 saturated heterocycles. The normalized spacial score (nSPS) is 15.5. The van der Waals surface area contributed by atoms with Gasteiger partial charge in [0.2, 0.25) is 10.0 Å². The van der Waals surface area contributed by atoms with Gasteiger partial charge in [0.1, 0.15) is 0 Å². The van der Waals surface area contributed by atoms with Gasteiger partial charge in [0.15, 0.2) is 4.80 Å². The molecule has 8 nitrogen and oxygen atoms in total. The lowest BCUT2D eigenvalue weighted by atomic mass is 10.2. The molecule has 0 unspecified atom stereocenters. The maximum atomic E-state index is 13.0. The molecule has 0 aliphatic carbocycles. The summed E-state index contributed by atoms with van der Waals surface area (Å²) in [6.45, 7) is 7.29. The number of allylic oxidation sites excluding steroid dienone is 1. The Kier molecular flexibility index (Phi) is 8.17. The first-order valence-electron chi connectivity index (χ1n) is 12.0. The summed E-state index contributed by atoms with van der Waals surface area (Å²) in [7, 11) is -3.59. The molecule has 2 heterocycles. The number of hydrogen-bond donors (Lipinski definition) is 0. The van der Waals surface area contributed by atoms with E-state index in [0.717, 1.165) is 35.9 Å². The van der Waals surface area contributed by atoms with Crippen molar-refractivity contribution in [3.63, 3.8) is 0 Å². The predicted molar refractivity (Wildman–Crippen MR) is 140 cm³/mol. The van der Waals surface area contributed by atoms with Crippen LogP contribution in [0, 0.1) is 0 Å². The maximum absolute atomic E-state index is 13.0. The third-order valence-electron chi connectivity index (χ3n) is 6.01. The number of carbonyl (C=O) groups excluding carboxylic acids is 2. The Morgan fingerprint density at radius 3 is 2.36 bits per heavy atom. The Hall–Kier alpha value is -3.08. The lowest BCUT2D eigenvalue weighted by Crippen LogP contribution is -2.31. The van der Waals surface area contributed by atoms with Crippen molar-refractivity contribution in [1.29, 1.82) is 0 Å². The van der Waals surface area contributed by atoms with Gasteiger partial charge in [-0.3, -0.25) is 4.79 Å². The van der Waals surface area contributed by atoms with Crippen molar-refractivity contribution in [2.24, 2.45) is 4.99 Å². The summed E-state index contributed by atoms with van der Waals surface area (Å²) >= 11 is 1.28. The predicted octanol–water partition coefficient (Wildman–Crippen LogP) is 4.37. The van der Waals surface area contributed by atoms with E-state index in [1.807, 2.05) is 4.57 Å². The smallest absolute Gasteiger partial charge is 0.338 e. The molecule has 0 radical (unpaired) electrons. The van der Waals surface area contributed by atoms with Crippen molar-refractivity contribution in [3.8, 4) is 0 Å². The van der Waals surface area contributed by atoms with Gasteiger partial charge in [-0.05, 0) is 62.2 Å². The van der Waals surface area contributed by atoms with Crippen LogP contribution in [0.3, 0.4) is 0 Å². The lowest BCUT2D eigenvalue weighted by molar-refractivity contribution is 0.0526. The number of amides is 1. The van der Waals surface area contributed by atoms with Crippen LogP contribution in [0.5, 0.6) is 0 Å². The van der Waals surface area contributed by atoms with E-state index in [9.17, 15) is 18.0 Å². The fourth-order valence-corrected chi connectivity index (χ4v) is 6.75. The highest BCUT2D eigenvalue weighted by Gasteiger charge is 2.25. The molecule has 36 heavy (non-hydrogen) atoms. The molecule has 1 fully saturated rings. The zero-order chi connectivity index (χ0) is 25.7. The van der Waals surface area contributed by atoms with Crippen molar-refractivity contribution >= 4 is 43.5 Å². The zero-order valence-corrected chi connectivity index (χ0v) is 21.8. The van der Waals surface area contributed by atoms with Crippen molar-refractivity contribution < 1.29 is 22.7 Å². The quantitative estimate of drug-likeness (QED) is 0.336. The summed E-state index contributed by atoms with van der Waals surface area (Å²) in [6, 6.07) is 11.1. The molecule has 0 atom stereocenters. The SMILES string of the molecule is C=CCn1c(=NC(=O)c2ccc(S(=O)(=O)N3CCCCCC3)cc2)sc2cc(C(=O)OCC)ccc21. The molecule has 0 N–H and O–H groups in total. The Morgan fingerprint density at radius 2 is 1.72 bits per heavy atom. The number of aromatic nitrogens is 1. The highest BCUT2D eigenvalue weighted by atomic mass is 32.2.